The summed E-state index contributed by atoms with van der Waals surface area (Å²) in [6.45, 7) is 8.25. The van der Waals surface area contributed by atoms with Crippen molar-refractivity contribution < 1.29 is 9.13 Å². The molecule has 0 amide bonds. The predicted molar refractivity (Wildman–Crippen MR) is 97.3 cm³/mol. The van der Waals surface area contributed by atoms with Crippen molar-refractivity contribution in [1.82, 2.24) is 10.2 Å². The zero-order valence-electron chi connectivity index (χ0n) is 14.5. The molecule has 1 heterocycles. The minimum atomic E-state index is -0.308. The number of rotatable bonds is 6. The van der Waals surface area contributed by atoms with E-state index in [4.69, 9.17) is 21.3 Å². The Morgan fingerprint density at radius 2 is 2.12 bits per heavy atom. The normalized spacial score (nSPS) is 16.5. The average Bonchev–Trinajstić information content (AvgIpc) is 2.57. The van der Waals surface area contributed by atoms with Crippen molar-refractivity contribution in [2.75, 3.05) is 32.8 Å². The molecule has 1 fully saturated rings. The Morgan fingerprint density at radius 1 is 1.38 bits per heavy atom. The zero-order chi connectivity index (χ0) is 17.4. The molecule has 1 aromatic rings. The van der Waals surface area contributed by atoms with Crippen LogP contribution in [0.4, 0.5) is 4.39 Å². The van der Waals surface area contributed by atoms with Gasteiger partial charge in [0.2, 0.25) is 0 Å². The lowest BCUT2D eigenvalue weighted by Crippen LogP contribution is -2.47. The zero-order valence-corrected chi connectivity index (χ0v) is 15.3. The highest BCUT2D eigenvalue weighted by Crippen LogP contribution is 2.18. The molecule has 134 valence electrons. The van der Waals surface area contributed by atoms with E-state index < -0.39 is 0 Å². The first-order chi connectivity index (χ1) is 11.6. The Hall–Kier alpha value is -1.33. The minimum Gasteiger partial charge on any atom is -0.378 e. The van der Waals surface area contributed by atoms with Crippen LogP contribution in [0.5, 0.6) is 0 Å². The Morgan fingerprint density at radius 3 is 2.75 bits per heavy atom. The first-order valence-electron chi connectivity index (χ1n) is 8.72. The van der Waals surface area contributed by atoms with Crippen LogP contribution in [0.3, 0.4) is 0 Å². The molecule has 4 nitrogen and oxygen atoms in total. The quantitative estimate of drug-likeness (QED) is 0.627. The second kappa shape index (κ2) is 9.84. The third kappa shape index (κ3) is 5.64. The lowest BCUT2D eigenvalue weighted by molar-refractivity contribution is 0.0264. The molecule has 0 saturated carbocycles. The standard InChI is InChI=1S/C18H27ClFN3O/c1-3-21-18(23-11-8-16(9-12-23)24-4-2)22-10-7-14-5-6-15(20)13-17(14)19/h5-6,13,16H,3-4,7-12H2,1-2H3,(H,21,22). The van der Waals surface area contributed by atoms with Gasteiger partial charge in [-0.05, 0) is 50.8 Å². The number of benzene rings is 1. The highest BCUT2D eigenvalue weighted by atomic mass is 35.5. The number of likely N-dealkylation sites (tertiary alicyclic amines) is 1. The molecule has 1 saturated heterocycles. The van der Waals surface area contributed by atoms with Gasteiger partial charge in [0.05, 0.1) is 6.10 Å². The summed E-state index contributed by atoms with van der Waals surface area (Å²) in [5.41, 5.74) is 0.924. The summed E-state index contributed by atoms with van der Waals surface area (Å²) in [7, 11) is 0. The molecule has 0 unspecified atom stereocenters. The van der Waals surface area contributed by atoms with Gasteiger partial charge in [0.15, 0.2) is 5.96 Å². The number of hydrogen-bond donors (Lipinski definition) is 1. The fourth-order valence-corrected chi connectivity index (χ4v) is 3.16. The number of ether oxygens (including phenoxy) is 1. The van der Waals surface area contributed by atoms with Gasteiger partial charge in [0.1, 0.15) is 5.82 Å². The lowest BCUT2D eigenvalue weighted by Gasteiger charge is -2.34. The SMILES string of the molecule is CCNC(=NCCc1ccc(F)cc1Cl)N1CCC(OCC)CC1. The van der Waals surface area contributed by atoms with E-state index in [0.717, 1.165) is 50.6 Å². The van der Waals surface area contributed by atoms with E-state index in [9.17, 15) is 4.39 Å². The second-order valence-corrected chi connectivity index (χ2v) is 6.27. The highest BCUT2D eigenvalue weighted by molar-refractivity contribution is 6.31. The van der Waals surface area contributed by atoms with Crippen molar-refractivity contribution in [3.05, 3.63) is 34.6 Å². The van der Waals surface area contributed by atoms with Crippen LogP contribution in [-0.2, 0) is 11.2 Å². The van der Waals surface area contributed by atoms with E-state index in [0.29, 0.717) is 24.1 Å². The molecule has 1 N–H and O–H groups in total. The fourth-order valence-electron chi connectivity index (χ4n) is 2.90. The van der Waals surface area contributed by atoms with Crippen LogP contribution in [0.15, 0.2) is 23.2 Å². The Labute approximate surface area is 149 Å². The summed E-state index contributed by atoms with van der Waals surface area (Å²) >= 11 is 6.07. The molecule has 6 heteroatoms. The summed E-state index contributed by atoms with van der Waals surface area (Å²) < 4.78 is 18.8. The second-order valence-electron chi connectivity index (χ2n) is 5.86. The van der Waals surface area contributed by atoms with Gasteiger partial charge in [-0.3, -0.25) is 4.99 Å². The number of halogens is 2. The molecule has 1 aliphatic heterocycles. The van der Waals surface area contributed by atoms with Gasteiger partial charge in [-0.1, -0.05) is 17.7 Å². The smallest absolute Gasteiger partial charge is 0.193 e. The van der Waals surface area contributed by atoms with Gasteiger partial charge >= 0.3 is 0 Å². The fraction of sp³-hybridized carbons (Fsp3) is 0.611. The first-order valence-corrected chi connectivity index (χ1v) is 9.10. The largest absolute Gasteiger partial charge is 0.378 e. The van der Waals surface area contributed by atoms with Gasteiger partial charge in [-0.2, -0.15) is 0 Å². The third-order valence-electron chi connectivity index (χ3n) is 4.14. The van der Waals surface area contributed by atoms with Crippen molar-refractivity contribution in [1.29, 1.82) is 0 Å². The van der Waals surface area contributed by atoms with Crippen LogP contribution in [0, 0.1) is 5.82 Å². The molecular weight excluding hydrogens is 329 g/mol. The predicted octanol–water partition coefficient (Wildman–Crippen LogP) is 3.49. The van der Waals surface area contributed by atoms with Crippen LogP contribution in [-0.4, -0.2) is 49.7 Å². The lowest BCUT2D eigenvalue weighted by atomic mass is 10.1. The van der Waals surface area contributed by atoms with Gasteiger partial charge in [-0.15, -0.1) is 0 Å². The molecule has 0 atom stereocenters. The molecule has 24 heavy (non-hydrogen) atoms. The molecule has 1 aromatic carbocycles. The maximum absolute atomic E-state index is 13.1. The third-order valence-corrected chi connectivity index (χ3v) is 4.49. The number of hydrogen-bond acceptors (Lipinski definition) is 2. The van der Waals surface area contributed by atoms with Crippen molar-refractivity contribution in [3.8, 4) is 0 Å². The van der Waals surface area contributed by atoms with Crippen molar-refractivity contribution in [3.63, 3.8) is 0 Å². The van der Waals surface area contributed by atoms with Crippen molar-refractivity contribution >= 4 is 17.6 Å². The maximum Gasteiger partial charge on any atom is 0.193 e. The number of nitrogens with zero attached hydrogens (tertiary/aromatic N) is 2. The highest BCUT2D eigenvalue weighted by Gasteiger charge is 2.21. The Bertz CT molecular complexity index is 545. The van der Waals surface area contributed by atoms with Gasteiger partial charge < -0.3 is 15.0 Å². The summed E-state index contributed by atoms with van der Waals surface area (Å²) in [4.78, 5) is 6.99. The molecule has 0 spiro atoms. The van der Waals surface area contributed by atoms with Gasteiger partial charge in [0.25, 0.3) is 0 Å². The summed E-state index contributed by atoms with van der Waals surface area (Å²) in [6.07, 6.45) is 3.13. The van der Waals surface area contributed by atoms with E-state index in [1.807, 2.05) is 6.92 Å². The molecular formula is C18H27ClFN3O. The summed E-state index contributed by atoms with van der Waals surface area (Å²) in [5.74, 6) is 0.628. The van der Waals surface area contributed by atoms with Crippen molar-refractivity contribution in [2.24, 2.45) is 4.99 Å². The molecule has 1 aliphatic rings. The molecule has 0 bridgehead atoms. The maximum atomic E-state index is 13.1. The first kappa shape index (κ1) is 19.0. The van der Waals surface area contributed by atoms with Crippen LogP contribution in [0.25, 0.3) is 0 Å². The van der Waals surface area contributed by atoms with E-state index in [1.165, 1.54) is 12.1 Å². The number of nitrogens with one attached hydrogen (secondary N) is 1. The molecule has 0 aliphatic carbocycles. The van der Waals surface area contributed by atoms with Crippen LogP contribution in [0.2, 0.25) is 5.02 Å². The molecule has 0 radical (unpaired) electrons. The summed E-state index contributed by atoms with van der Waals surface area (Å²) in [6, 6.07) is 4.52. The minimum absolute atomic E-state index is 0.308. The van der Waals surface area contributed by atoms with E-state index in [-0.39, 0.29) is 5.82 Å². The monoisotopic (exact) mass is 355 g/mol. The van der Waals surface area contributed by atoms with E-state index in [2.05, 4.69) is 17.1 Å². The van der Waals surface area contributed by atoms with Gasteiger partial charge in [0, 0.05) is 37.8 Å². The average molecular weight is 356 g/mol. The molecule has 2 rings (SSSR count). The summed E-state index contributed by atoms with van der Waals surface area (Å²) in [5, 5.41) is 3.82. The van der Waals surface area contributed by atoms with Gasteiger partial charge in [-0.25, -0.2) is 4.39 Å². The van der Waals surface area contributed by atoms with E-state index in [1.54, 1.807) is 6.07 Å². The van der Waals surface area contributed by atoms with Crippen LogP contribution >= 0.6 is 11.6 Å². The Balaban J connectivity index is 1.91. The van der Waals surface area contributed by atoms with Crippen molar-refractivity contribution in [2.45, 2.75) is 39.2 Å². The van der Waals surface area contributed by atoms with Crippen LogP contribution < -0.4 is 5.32 Å². The number of aliphatic imine (C=N–C) groups is 1. The molecule has 0 aromatic heterocycles. The topological polar surface area (TPSA) is 36.9 Å². The number of piperidine rings is 1. The Kier molecular flexibility index (Phi) is 7.79. The van der Waals surface area contributed by atoms with Crippen LogP contribution in [0.1, 0.15) is 32.3 Å². The van der Waals surface area contributed by atoms with E-state index >= 15 is 0 Å². The number of guanidine groups is 1.